The maximum atomic E-state index is 12.4. The van der Waals surface area contributed by atoms with Gasteiger partial charge in [-0.3, -0.25) is 9.69 Å². The smallest absolute Gasteiger partial charge is 0.231 e. The molecule has 1 aromatic heterocycles. The number of anilines is 1. The number of benzene rings is 2. The second-order valence-electron chi connectivity index (χ2n) is 6.48. The molecule has 0 radical (unpaired) electrons. The third-order valence-corrected chi connectivity index (χ3v) is 4.81. The minimum Gasteiger partial charge on any atom is -0.275 e. The van der Waals surface area contributed by atoms with E-state index in [1.165, 1.54) is 17.5 Å². The van der Waals surface area contributed by atoms with Crippen LogP contribution in [0.1, 0.15) is 42.1 Å². The molecule has 0 aliphatic carbocycles. The lowest BCUT2D eigenvalue weighted by atomic mass is 9.91. The second kappa shape index (κ2) is 6.16. The van der Waals surface area contributed by atoms with E-state index in [9.17, 15) is 4.79 Å². The van der Waals surface area contributed by atoms with E-state index < -0.39 is 0 Å². The first kappa shape index (κ1) is 15.6. The van der Waals surface area contributed by atoms with Crippen LogP contribution in [-0.4, -0.2) is 20.7 Å². The molecule has 2 unspecified atom stereocenters. The summed E-state index contributed by atoms with van der Waals surface area (Å²) in [5.74, 6) is 0.587. The van der Waals surface area contributed by atoms with Crippen LogP contribution in [0, 0.1) is 6.92 Å². The summed E-state index contributed by atoms with van der Waals surface area (Å²) < 4.78 is 1.87. The van der Waals surface area contributed by atoms with E-state index in [2.05, 4.69) is 53.4 Å². The van der Waals surface area contributed by atoms with Gasteiger partial charge in [-0.05, 0) is 24.5 Å². The van der Waals surface area contributed by atoms with Crippen LogP contribution in [0.4, 0.5) is 5.95 Å². The monoisotopic (exact) mass is 332 g/mol. The van der Waals surface area contributed by atoms with Crippen LogP contribution >= 0.6 is 0 Å². The summed E-state index contributed by atoms with van der Waals surface area (Å²) in [7, 11) is 0. The Hall–Kier alpha value is -2.95. The third kappa shape index (κ3) is 2.71. The van der Waals surface area contributed by atoms with Crippen LogP contribution in [0.5, 0.6) is 0 Å². The van der Waals surface area contributed by atoms with Gasteiger partial charge in [-0.2, -0.15) is 10.1 Å². The maximum absolute atomic E-state index is 12.4. The SMILES string of the molecule is CC(=O)N1c2ncnn2C(c2ccc(C)cc2)CC1c1ccccc1. The summed E-state index contributed by atoms with van der Waals surface area (Å²) in [5, 5.41) is 4.41. The zero-order valence-corrected chi connectivity index (χ0v) is 14.3. The summed E-state index contributed by atoms with van der Waals surface area (Å²) in [5.41, 5.74) is 3.52. The van der Waals surface area contributed by atoms with Gasteiger partial charge in [-0.15, -0.1) is 0 Å². The molecule has 5 heteroatoms. The number of nitrogens with zero attached hydrogens (tertiary/aromatic N) is 4. The van der Waals surface area contributed by atoms with Crippen molar-refractivity contribution in [3.05, 3.63) is 77.6 Å². The Balaban J connectivity index is 1.83. The number of fused-ring (bicyclic) bond motifs is 1. The molecule has 2 atom stereocenters. The molecule has 2 aromatic carbocycles. The van der Waals surface area contributed by atoms with Crippen LogP contribution < -0.4 is 4.90 Å². The average Bonchev–Trinajstić information content (AvgIpc) is 3.11. The Morgan fingerprint density at radius 3 is 2.36 bits per heavy atom. The molecule has 0 saturated heterocycles. The van der Waals surface area contributed by atoms with Gasteiger partial charge in [-0.1, -0.05) is 60.2 Å². The summed E-state index contributed by atoms with van der Waals surface area (Å²) in [6, 6.07) is 18.6. The van der Waals surface area contributed by atoms with Gasteiger partial charge < -0.3 is 0 Å². The summed E-state index contributed by atoms with van der Waals surface area (Å²) in [6.07, 6.45) is 2.29. The van der Waals surface area contributed by atoms with Gasteiger partial charge >= 0.3 is 0 Å². The van der Waals surface area contributed by atoms with E-state index in [-0.39, 0.29) is 18.0 Å². The first-order valence-corrected chi connectivity index (χ1v) is 8.46. The molecular formula is C20H20N4O. The molecule has 2 heterocycles. The second-order valence-corrected chi connectivity index (χ2v) is 6.48. The minimum atomic E-state index is -0.0540. The largest absolute Gasteiger partial charge is 0.275 e. The number of carbonyl (C=O) groups is 1. The molecule has 0 bridgehead atoms. The van der Waals surface area contributed by atoms with E-state index in [1.54, 1.807) is 11.8 Å². The van der Waals surface area contributed by atoms with Gasteiger partial charge in [0.15, 0.2) is 0 Å². The van der Waals surface area contributed by atoms with Crippen LogP contribution in [0.25, 0.3) is 0 Å². The number of aromatic nitrogens is 3. The normalized spacial score (nSPS) is 19.5. The molecule has 3 aromatic rings. The first-order valence-electron chi connectivity index (χ1n) is 8.46. The fourth-order valence-electron chi connectivity index (χ4n) is 3.58. The Morgan fingerprint density at radius 1 is 1.00 bits per heavy atom. The Bertz CT molecular complexity index is 886. The van der Waals surface area contributed by atoms with Gasteiger partial charge in [-0.25, -0.2) is 4.68 Å². The van der Waals surface area contributed by atoms with Crippen molar-refractivity contribution >= 4 is 11.9 Å². The average molecular weight is 332 g/mol. The quantitative estimate of drug-likeness (QED) is 0.719. The predicted molar refractivity (Wildman–Crippen MR) is 96.3 cm³/mol. The van der Waals surface area contributed by atoms with E-state index in [1.807, 2.05) is 22.9 Å². The lowest BCUT2D eigenvalue weighted by Crippen LogP contribution is -2.41. The van der Waals surface area contributed by atoms with E-state index in [0.717, 1.165) is 12.0 Å². The molecule has 1 aliphatic heterocycles. The molecule has 1 amide bonds. The lowest BCUT2D eigenvalue weighted by molar-refractivity contribution is -0.117. The number of hydrogen-bond acceptors (Lipinski definition) is 3. The standard InChI is InChI=1S/C20H20N4O/c1-14-8-10-17(11-9-14)19-12-18(16-6-4-3-5-7-16)23(15(2)25)20-21-13-22-24(19)20/h3-11,13,18-19H,12H2,1-2H3. The first-order chi connectivity index (χ1) is 12.1. The number of hydrogen-bond donors (Lipinski definition) is 0. The van der Waals surface area contributed by atoms with Crippen molar-refractivity contribution in [3.8, 4) is 0 Å². The Morgan fingerprint density at radius 2 is 1.68 bits per heavy atom. The molecule has 0 fully saturated rings. The minimum absolute atomic E-state index is 0.0227. The van der Waals surface area contributed by atoms with Gasteiger partial charge in [0.05, 0.1) is 12.1 Å². The van der Waals surface area contributed by atoms with Crippen LogP contribution in [0.15, 0.2) is 60.9 Å². The number of amides is 1. The van der Waals surface area contributed by atoms with Crippen molar-refractivity contribution in [2.45, 2.75) is 32.4 Å². The third-order valence-electron chi connectivity index (χ3n) is 4.81. The summed E-state index contributed by atoms with van der Waals surface area (Å²) >= 11 is 0. The number of carbonyl (C=O) groups excluding carboxylic acids is 1. The topological polar surface area (TPSA) is 51.0 Å². The molecule has 1 aliphatic rings. The molecule has 5 nitrogen and oxygen atoms in total. The highest BCUT2D eigenvalue weighted by Crippen LogP contribution is 2.41. The van der Waals surface area contributed by atoms with Crippen molar-refractivity contribution in [1.82, 2.24) is 14.8 Å². The molecule has 126 valence electrons. The van der Waals surface area contributed by atoms with E-state index in [4.69, 9.17) is 0 Å². The fraction of sp³-hybridized carbons (Fsp3) is 0.250. The zero-order valence-electron chi connectivity index (χ0n) is 14.3. The highest BCUT2D eigenvalue weighted by Gasteiger charge is 2.37. The summed E-state index contributed by atoms with van der Waals surface area (Å²) in [4.78, 5) is 18.5. The van der Waals surface area contributed by atoms with Gasteiger partial charge in [0, 0.05) is 6.92 Å². The van der Waals surface area contributed by atoms with E-state index in [0.29, 0.717) is 5.95 Å². The molecule has 25 heavy (non-hydrogen) atoms. The number of aryl methyl sites for hydroxylation is 1. The molecule has 4 rings (SSSR count). The molecular weight excluding hydrogens is 312 g/mol. The van der Waals surface area contributed by atoms with Crippen LogP contribution in [0.3, 0.4) is 0 Å². The lowest BCUT2D eigenvalue weighted by Gasteiger charge is -2.38. The Kier molecular flexibility index (Phi) is 3.84. The van der Waals surface area contributed by atoms with Crippen LogP contribution in [0.2, 0.25) is 0 Å². The Labute approximate surface area is 146 Å². The highest BCUT2D eigenvalue weighted by molar-refractivity contribution is 5.90. The van der Waals surface area contributed by atoms with Crippen molar-refractivity contribution in [2.75, 3.05) is 4.90 Å². The number of rotatable bonds is 2. The van der Waals surface area contributed by atoms with E-state index >= 15 is 0 Å². The van der Waals surface area contributed by atoms with Crippen molar-refractivity contribution in [2.24, 2.45) is 0 Å². The van der Waals surface area contributed by atoms with Crippen LogP contribution in [-0.2, 0) is 4.79 Å². The molecule has 0 spiro atoms. The van der Waals surface area contributed by atoms with Gasteiger partial charge in [0.25, 0.3) is 0 Å². The van der Waals surface area contributed by atoms with Crippen molar-refractivity contribution in [1.29, 1.82) is 0 Å². The van der Waals surface area contributed by atoms with Gasteiger partial charge in [0.2, 0.25) is 11.9 Å². The van der Waals surface area contributed by atoms with Crippen molar-refractivity contribution in [3.63, 3.8) is 0 Å². The fourth-order valence-corrected chi connectivity index (χ4v) is 3.58. The van der Waals surface area contributed by atoms with Gasteiger partial charge in [0.1, 0.15) is 6.33 Å². The van der Waals surface area contributed by atoms with Crippen molar-refractivity contribution < 1.29 is 4.79 Å². The predicted octanol–water partition coefficient (Wildman–Crippen LogP) is 3.67. The molecule has 0 N–H and O–H groups in total. The zero-order chi connectivity index (χ0) is 17.4. The maximum Gasteiger partial charge on any atom is 0.231 e. The molecule has 0 saturated carbocycles. The summed E-state index contributed by atoms with van der Waals surface area (Å²) in [6.45, 7) is 3.66. The highest BCUT2D eigenvalue weighted by atomic mass is 16.2.